The van der Waals surface area contributed by atoms with Crippen molar-refractivity contribution in [3.63, 3.8) is 0 Å². The van der Waals surface area contributed by atoms with Crippen LogP contribution in [0.25, 0.3) is 0 Å². The van der Waals surface area contributed by atoms with E-state index in [0.29, 0.717) is 13.1 Å². The molecule has 0 fully saturated rings. The quantitative estimate of drug-likeness (QED) is 0.708. The van der Waals surface area contributed by atoms with Crippen LogP contribution in [-0.2, 0) is 6.54 Å². The summed E-state index contributed by atoms with van der Waals surface area (Å²) in [4.78, 5) is 26.9. The summed E-state index contributed by atoms with van der Waals surface area (Å²) in [6, 6.07) is 7.91. The van der Waals surface area contributed by atoms with Gasteiger partial charge in [-0.15, -0.1) is 0 Å². The molecule has 1 aliphatic heterocycles. The third kappa shape index (κ3) is 3.51. The molecule has 27 heavy (non-hydrogen) atoms. The number of halogens is 1. The summed E-state index contributed by atoms with van der Waals surface area (Å²) in [6.07, 6.45) is 5.05. The van der Waals surface area contributed by atoms with Crippen molar-refractivity contribution in [2.24, 2.45) is 0 Å². The standard InChI is InChI=1S/C19H18FN5O2/c1-13-6-7-22-19(23-13)27-11-15-10-24(9-14-8-21-12-25(14)15)18(26)16-4-2-3-5-17(16)20/h2-8,12,15H,9-11H2,1H3. The Kier molecular flexibility index (Phi) is 4.53. The van der Waals surface area contributed by atoms with Gasteiger partial charge in [-0.05, 0) is 25.1 Å². The van der Waals surface area contributed by atoms with Crippen LogP contribution in [0.2, 0.25) is 0 Å². The van der Waals surface area contributed by atoms with Crippen molar-refractivity contribution in [2.45, 2.75) is 19.5 Å². The van der Waals surface area contributed by atoms with Crippen molar-refractivity contribution >= 4 is 5.91 Å². The fourth-order valence-electron chi connectivity index (χ4n) is 3.14. The first-order valence-corrected chi connectivity index (χ1v) is 8.59. The smallest absolute Gasteiger partial charge is 0.316 e. The molecule has 4 rings (SSSR count). The van der Waals surface area contributed by atoms with Gasteiger partial charge in [-0.25, -0.2) is 19.3 Å². The van der Waals surface area contributed by atoms with E-state index in [-0.39, 0.29) is 30.1 Å². The normalized spacial score (nSPS) is 16.1. The van der Waals surface area contributed by atoms with Gasteiger partial charge < -0.3 is 14.2 Å². The molecule has 3 heterocycles. The van der Waals surface area contributed by atoms with Gasteiger partial charge in [0.1, 0.15) is 12.4 Å². The van der Waals surface area contributed by atoms with Crippen molar-refractivity contribution in [1.29, 1.82) is 0 Å². The van der Waals surface area contributed by atoms with E-state index < -0.39 is 5.82 Å². The number of nitrogens with zero attached hydrogens (tertiary/aromatic N) is 5. The second-order valence-electron chi connectivity index (χ2n) is 6.40. The predicted octanol–water partition coefficient (Wildman–Crippen LogP) is 2.40. The first kappa shape index (κ1) is 17.1. The number of ether oxygens (including phenoxy) is 1. The fraction of sp³-hybridized carbons (Fsp3) is 0.263. The van der Waals surface area contributed by atoms with Crippen LogP contribution in [0.3, 0.4) is 0 Å². The monoisotopic (exact) mass is 367 g/mol. The first-order chi connectivity index (χ1) is 13.1. The summed E-state index contributed by atoms with van der Waals surface area (Å²) in [6.45, 7) is 2.87. The molecule has 0 saturated carbocycles. The molecule has 0 bridgehead atoms. The van der Waals surface area contributed by atoms with Gasteiger partial charge in [-0.1, -0.05) is 12.1 Å². The third-order valence-corrected chi connectivity index (χ3v) is 4.49. The molecule has 0 aliphatic carbocycles. The van der Waals surface area contributed by atoms with Crippen LogP contribution in [0.4, 0.5) is 4.39 Å². The number of carbonyl (C=O) groups is 1. The van der Waals surface area contributed by atoms with E-state index >= 15 is 0 Å². The molecule has 0 radical (unpaired) electrons. The Morgan fingerprint density at radius 1 is 1.33 bits per heavy atom. The number of benzene rings is 1. The van der Waals surface area contributed by atoms with Crippen LogP contribution < -0.4 is 4.74 Å². The minimum atomic E-state index is -0.525. The molecule has 1 aromatic carbocycles. The van der Waals surface area contributed by atoms with E-state index in [9.17, 15) is 9.18 Å². The molecule has 3 aromatic rings. The Morgan fingerprint density at radius 2 is 2.19 bits per heavy atom. The summed E-state index contributed by atoms with van der Waals surface area (Å²) in [7, 11) is 0. The summed E-state index contributed by atoms with van der Waals surface area (Å²) in [5.41, 5.74) is 1.74. The maximum atomic E-state index is 14.0. The zero-order chi connectivity index (χ0) is 18.8. The van der Waals surface area contributed by atoms with Crippen molar-refractivity contribution in [3.8, 4) is 6.01 Å². The molecule has 138 valence electrons. The zero-order valence-electron chi connectivity index (χ0n) is 14.7. The van der Waals surface area contributed by atoms with E-state index in [1.807, 2.05) is 11.5 Å². The van der Waals surface area contributed by atoms with E-state index in [2.05, 4.69) is 15.0 Å². The average molecular weight is 367 g/mol. The number of imidazole rings is 1. The fourth-order valence-corrected chi connectivity index (χ4v) is 3.14. The van der Waals surface area contributed by atoms with Crippen LogP contribution in [0.15, 0.2) is 49.1 Å². The van der Waals surface area contributed by atoms with E-state index in [0.717, 1.165) is 11.4 Å². The lowest BCUT2D eigenvalue weighted by Crippen LogP contribution is -2.42. The molecule has 0 spiro atoms. The topological polar surface area (TPSA) is 73.1 Å². The van der Waals surface area contributed by atoms with Crippen LogP contribution in [-0.4, -0.2) is 43.5 Å². The average Bonchev–Trinajstić information content (AvgIpc) is 3.15. The summed E-state index contributed by atoms with van der Waals surface area (Å²) >= 11 is 0. The van der Waals surface area contributed by atoms with E-state index in [1.54, 1.807) is 41.8 Å². The highest BCUT2D eigenvalue weighted by atomic mass is 19.1. The number of hydrogen-bond donors (Lipinski definition) is 0. The third-order valence-electron chi connectivity index (χ3n) is 4.49. The predicted molar refractivity (Wildman–Crippen MR) is 94.7 cm³/mol. The highest BCUT2D eigenvalue weighted by Crippen LogP contribution is 2.24. The van der Waals surface area contributed by atoms with E-state index in [4.69, 9.17) is 4.74 Å². The van der Waals surface area contributed by atoms with Crippen LogP contribution in [0.1, 0.15) is 27.8 Å². The summed E-state index contributed by atoms with van der Waals surface area (Å²) in [5.74, 6) is -0.875. The van der Waals surface area contributed by atoms with Gasteiger partial charge in [0.05, 0.1) is 30.2 Å². The maximum Gasteiger partial charge on any atom is 0.316 e. The number of rotatable bonds is 4. The minimum Gasteiger partial charge on any atom is -0.461 e. The molecule has 1 aliphatic rings. The first-order valence-electron chi connectivity index (χ1n) is 8.59. The van der Waals surface area contributed by atoms with Crippen molar-refractivity contribution in [3.05, 3.63) is 71.8 Å². The maximum absolute atomic E-state index is 14.0. The van der Waals surface area contributed by atoms with Crippen molar-refractivity contribution in [2.75, 3.05) is 13.2 Å². The second-order valence-corrected chi connectivity index (χ2v) is 6.40. The molecule has 1 atom stereocenters. The molecule has 7 nitrogen and oxygen atoms in total. The number of aryl methyl sites for hydroxylation is 1. The van der Waals surface area contributed by atoms with Gasteiger partial charge >= 0.3 is 6.01 Å². The molecule has 2 aromatic heterocycles. The molecule has 1 unspecified atom stereocenters. The van der Waals surface area contributed by atoms with Crippen molar-refractivity contribution in [1.82, 2.24) is 24.4 Å². The Labute approximate surface area is 155 Å². The van der Waals surface area contributed by atoms with Gasteiger partial charge in [-0.3, -0.25) is 4.79 Å². The van der Waals surface area contributed by atoms with Crippen LogP contribution in [0.5, 0.6) is 6.01 Å². The molecule has 0 saturated heterocycles. The van der Waals surface area contributed by atoms with Gasteiger partial charge in [0.25, 0.3) is 5.91 Å². The zero-order valence-corrected chi connectivity index (χ0v) is 14.7. The SMILES string of the molecule is Cc1ccnc(OCC2CN(C(=O)c3ccccc3F)Cc3cncn32)n1. The lowest BCUT2D eigenvalue weighted by Gasteiger charge is -2.34. The Morgan fingerprint density at radius 3 is 3.00 bits per heavy atom. The Hall–Kier alpha value is -3.29. The molecular formula is C19H18FN5O2. The number of fused-ring (bicyclic) bond motifs is 1. The molecule has 0 N–H and O–H groups in total. The van der Waals surface area contributed by atoms with Crippen LogP contribution in [0, 0.1) is 12.7 Å². The number of hydrogen-bond acceptors (Lipinski definition) is 5. The second kappa shape index (κ2) is 7.14. The number of aromatic nitrogens is 4. The molecular weight excluding hydrogens is 349 g/mol. The lowest BCUT2D eigenvalue weighted by atomic mass is 10.1. The van der Waals surface area contributed by atoms with Gasteiger partial charge in [0.15, 0.2) is 0 Å². The largest absolute Gasteiger partial charge is 0.461 e. The summed E-state index contributed by atoms with van der Waals surface area (Å²) < 4.78 is 21.7. The van der Waals surface area contributed by atoms with Gasteiger partial charge in [-0.2, -0.15) is 0 Å². The number of amides is 1. The minimum absolute atomic E-state index is 0.0622. The number of carbonyl (C=O) groups excluding carboxylic acids is 1. The Balaban J connectivity index is 1.54. The summed E-state index contributed by atoms with van der Waals surface area (Å²) in [5, 5.41) is 0. The molecule has 1 amide bonds. The Bertz CT molecular complexity index is 974. The van der Waals surface area contributed by atoms with Crippen LogP contribution >= 0.6 is 0 Å². The highest BCUT2D eigenvalue weighted by molar-refractivity contribution is 5.94. The van der Waals surface area contributed by atoms with Crippen molar-refractivity contribution < 1.29 is 13.9 Å². The highest BCUT2D eigenvalue weighted by Gasteiger charge is 2.30. The lowest BCUT2D eigenvalue weighted by molar-refractivity contribution is 0.0639. The van der Waals surface area contributed by atoms with Gasteiger partial charge in [0.2, 0.25) is 0 Å². The molecule has 8 heteroatoms. The van der Waals surface area contributed by atoms with E-state index in [1.165, 1.54) is 12.1 Å². The van der Waals surface area contributed by atoms with Gasteiger partial charge in [0, 0.05) is 24.6 Å².